The second kappa shape index (κ2) is 10.6. The van der Waals surface area contributed by atoms with Gasteiger partial charge >= 0.3 is 0 Å². The number of hydrogen-bond acceptors (Lipinski definition) is 4. The Bertz CT molecular complexity index is 629. The highest BCUT2D eigenvalue weighted by Gasteiger charge is 2.32. The van der Waals surface area contributed by atoms with Crippen molar-refractivity contribution in [3.63, 3.8) is 0 Å². The zero-order valence-corrected chi connectivity index (χ0v) is 16.9. The van der Waals surface area contributed by atoms with Gasteiger partial charge in [-0.1, -0.05) is 30.3 Å². The third-order valence-electron chi connectivity index (χ3n) is 5.96. The molecule has 1 aromatic rings. The number of rotatable bonds is 7. The number of methoxy groups -OCH3 is 1. The first kappa shape index (κ1) is 20.8. The van der Waals surface area contributed by atoms with Crippen molar-refractivity contribution in [2.24, 2.45) is 5.92 Å². The lowest BCUT2D eigenvalue weighted by atomic mass is 9.93. The Hall–Kier alpha value is -1.92. The van der Waals surface area contributed by atoms with Crippen molar-refractivity contribution >= 4 is 11.8 Å². The molecule has 6 nitrogen and oxygen atoms in total. The van der Waals surface area contributed by atoms with Crippen molar-refractivity contribution in [3.05, 3.63) is 35.9 Å². The number of ether oxygens (including phenoxy) is 1. The maximum Gasteiger partial charge on any atom is 0.226 e. The molecule has 2 fully saturated rings. The van der Waals surface area contributed by atoms with E-state index in [4.69, 9.17) is 4.74 Å². The summed E-state index contributed by atoms with van der Waals surface area (Å²) in [4.78, 5) is 29.4. The van der Waals surface area contributed by atoms with Crippen LogP contribution in [-0.2, 0) is 20.7 Å². The topological polar surface area (TPSA) is 61.9 Å². The number of benzene rings is 1. The maximum absolute atomic E-state index is 12.6. The van der Waals surface area contributed by atoms with Gasteiger partial charge in [-0.05, 0) is 37.8 Å². The predicted octanol–water partition coefficient (Wildman–Crippen LogP) is 1.69. The van der Waals surface area contributed by atoms with Crippen LogP contribution < -0.4 is 5.32 Å². The SMILES string of the molecule is COCCNC(=O)C1CCCN(C2CCN(C(=O)Cc3ccccc3)CC2)C1. The van der Waals surface area contributed by atoms with Crippen LogP contribution in [0.3, 0.4) is 0 Å². The fraction of sp³-hybridized carbons (Fsp3) is 0.636. The molecule has 3 rings (SSSR count). The van der Waals surface area contributed by atoms with Gasteiger partial charge < -0.3 is 15.0 Å². The van der Waals surface area contributed by atoms with Crippen LogP contribution in [0.15, 0.2) is 30.3 Å². The average molecular weight is 388 g/mol. The first-order valence-electron chi connectivity index (χ1n) is 10.5. The van der Waals surface area contributed by atoms with Crippen LogP contribution >= 0.6 is 0 Å². The van der Waals surface area contributed by atoms with E-state index in [1.807, 2.05) is 35.2 Å². The molecule has 0 radical (unpaired) electrons. The van der Waals surface area contributed by atoms with E-state index in [1.165, 1.54) is 0 Å². The molecule has 6 heteroatoms. The highest BCUT2D eigenvalue weighted by molar-refractivity contribution is 5.79. The normalized spacial score (nSPS) is 21.5. The molecule has 0 bridgehead atoms. The predicted molar refractivity (Wildman–Crippen MR) is 109 cm³/mol. The second-order valence-electron chi connectivity index (χ2n) is 7.89. The van der Waals surface area contributed by atoms with Crippen molar-refractivity contribution in [1.29, 1.82) is 0 Å². The third-order valence-corrected chi connectivity index (χ3v) is 5.96. The van der Waals surface area contributed by atoms with Crippen molar-refractivity contribution in [3.8, 4) is 0 Å². The minimum atomic E-state index is 0.0725. The first-order valence-corrected chi connectivity index (χ1v) is 10.5. The molecule has 0 spiro atoms. The summed E-state index contributed by atoms with van der Waals surface area (Å²) < 4.78 is 5.01. The molecule has 2 heterocycles. The molecule has 2 aliphatic heterocycles. The number of nitrogens with one attached hydrogen (secondary N) is 1. The summed E-state index contributed by atoms with van der Waals surface area (Å²) in [6.45, 7) is 4.66. The lowest BCUT2D eigenvalue weighted by Crippen LogP contribution is -2.51. The minimum absolute atomic E-state index is 0.0725. The van der Waals surface area contributed by atoms with E-state index in [1.54, 1.807) is 7.11 Å². The van der Waals surface area contributed by atoms with E-state index in [0.29, 0.717) is 25.6 Å². The summed E-state index contributed by atoms with van der Waals surface area (Å²) >= 11 is 0. The smallest absolute Gasteiger partial charge is 0.226 e. The summed E-state index contributed by atoms with van der Waals surface area (Å²) in [7, 11) is 1.64. The monoisotopic (exact) mass is 387 g/mol. The molecule has 1 unspecified atom stereocenters. The quantitative estimate of drug-likeness (QED) is 0.724. The lowest BCUT2D eigenvalue weighted by molar-refractivity contribution is -0.132. The number of carbonyl (C=O) groups is 2. The van der Waals surface area contributed by atoms with E-state index < -0.39 is 0 Å². The fourth-order valence-corrected chi connectivity index (χ4v) is 4.34. The standard InChI is InChI=1S/C22H33N3O3/c1-28-15-11-23-22(27)19-8-5-12-25(17-19)20-9-13-24(14-10-20)21(26)16-18-6-3-2-4-7-18/h2-4,6-7,19-20H,5,8-17H2,1H3,(H,23,27). The highest BCUT2D eigenvalue weighted by Crippen LogP contribution is 2.24. The average Bonchev–Trinajstić information content (AvgIpc) is 2.75. The largest absolute Gasteiger partial charge is 0.383 e. The molecule has 1 N–H and O–H groups in total. The van der Waals surface area contributed by atoms with Crippen molar-refractivity contribution in [2.45, 2.75) is 38.1 Å². The molecule has 154 valence electrons. The van der Waals surface area contributed by atoms with Gasteiger partial charge in [0.2, 0.25) is 11.8 Å². The molecule has 0 aliphatic carbocycles. The fourth-order valence-electron chi connectivity index (χ4n) is 4.34. The van der Waals surface area contributed by atoms with Gasteiger partial charge in [-0.25, -0.2) is 0 Å². The van der Waals surface area contributed by atoms with Crippen molar-refractivity contribution in [1.82, 2.24) is 15.1 Å². The Morgan fingerprint density at radius 2 is 1.86 bits per heavy atom. The number of likely N-dealkylation sites (tertiary alicyclic amines) is 2. The van der Waals surface area contributed by atoms with Crippen LogP contribution in [0.25, 0.3) is 0 Å². The van der Waals surface area contributed by atoms with Gasteiger partial charge in [0.25, 0.3) is 0 Å². The molecule has 0 aromatic heterocycles. The Morgan fingerprint density at radius 3 is 2.57 bits per heavy atom. The van der Waals surface area contributed by atoms with Crippen LogP contribution in [0, 0.1) is 5.92 Å². The van der Waals surface area contributed by atoms with Gasteiger partial charge in [-0.15, -0.1) is 0 Å². The summed E-state index contributed by atoms with van der Waals surface area (Å²) in [6, 6.07) is 10.4. The van der Waals surface area contributed by atoms with Gasteiger partial charge in [-0.2, -0.15) is 0 Å². The van der Waals surface area contributed by atoms with E-state index in [0.717, 1.165) is 57.4 Å². The van der Waals surface area contributed by atoms with E-state index in [2.05, 4.69) is 10.2 Å². The lowest BCUT2D eigenvalue weighted by Gasteiger charge is -2.42. The first-order chi connectivity index (χ1) is 13.7. The summed E-state index contributed by atoms with van der Waals surface area (Å²) in [5.41, 5.74) is 1.08. The van der Waals surface area contributed by atoms with Crippen LogP contribution in [0.4, 0.5) is 0 Å². The van der Waals surface area contributed by atoms with Crippen molar-refractivity contribution in [2.75, 3.05) is 46.4 Å². The Morgan fingerprint density at radius 1 is 1.11 bits per heavy atom. The highest BCUT2D eigenvalue weighted by atomic mass is 16.5. The summed E-state index contributed by atoms with van der Waals surface area (Å²) in [6.07, 6.45) is 4.51. The molecule has 28 heavy (non-hydrogen) atoms. The van der Waals surface area contributed by atoms with Gasteiger partial charge in [0, 0.05) is 39.3 Å². The Kier molecular flexibility index (Phi) is 7.86. The molecular weight excluding hydrogens is 354 g/mol. The Balaban J connectivity index is 1.43. The number of nitrogens with zero attached hydrogens (tertiary/aromatic N) is 2. The van der Waals surface area contributed by atoms with Crippen molar-refractivity contribution < 1.29 is 14.3 Å². The molecule has 2 saturated heterocycles. The van der Waals surface area contributed by atoms with Crippen LogP contribution in [-0.4, -0.2) is 74.1 Å². The second-order valence-corrected chi connectivity index (χ2v) is 7.89. The summed E-state index contributed by atoms with van der Waals surface area (Å²) in [5, 5.41) is 2.98. The number of piperidine rings is 2. The van der Waals surface area contributed by atoms with Crippen LogP contribution in [0.1, 0.15) is 31.2 Å². The molecule has 1 aromatic carbocycles. The van der Waals surface area contributed by atoms with Crippen LogP contribution in [0.2, 0.25) is 0 Å². The van der Waals surface area contributed by atoms with E-state index in [-0.39, 0.29) is 17.7 Å². The minimum Gasteiger partial charge on any atom is -0.383 e. The van der Waals surface area contributed by atoms with E-state index in [9.17, 15) is 9.59 Å². The Labute approximate surface area is 168 Å². The van der Waals surface area contributed by atoms with Gasteiger partial charge in [0.15, 0.2) is 0 Å². The molecule has 2 aliphatic rings. The molecule has 2 amide bonds. The number of carbonyl (C=O) groups excluding carboxylic acids is 2. The maximum atomic E-state index is 12.6. The zero-order valence-electron chi connectivity index (χ0n) is 16.9. The molecule has 0 saturated carbocycles. The number of hydrogen-bond donors (Lipinski definition) is 1. The van der Waals surface area contributed by atoms with Gasteiger partial charge in [0.05, 0.1) is 18.9 Å². The zero-order chi connectivity index (χ0) is 19.8. The van der Waals surface area contributed by atoms with E-state index >= 15 is 0 Å². The molecule has 1 atom stereocenters. The number of amides is 2. The molecular formula is C22H33N3O3. The third kappa shape index (κ3) is 5.79. The van der Waals surface area contributed by atoms with Crippen LogP contribution in [0.5, 0.6) is 0 Å². The summed E-state index contributed by atoms with van der Waals surface area (Å²) in [5.74, 6) is 0.444. The van der Waals surface area contributed by atoms with Gasteiger partial charge in [-0.3, -0.25) is 14.5 Å². The van der Waals surface area contributed by atoms with Gasteiger partial charge in [0.1, 0.15) is 0 Å².